The van der Waals surface area contributed by atoms with Gasteiger partial charge in [-0.15, -0.1) is 0 Å². The van der Waals surface area contributed by atoms with E-state index in [-0.39, 0.29) is 0 Å². The van der Waals surface area contributed by atoms with E-state index in [2.05, 4.69) is 0 Å². The van der Waals surface area contributed by atoms with Crippen molar-refractivity contribution in [1.82, 2.24) is 0 Å². The molecule has 0 spiro atoms. The molecule has 0 aliphatic carbocycles. The van der Waals surface area contributed by atoms with Gasteiger partial charge in [0.1, 0.15) is 0 Å². The smallest absolute Gasteiger partial charge is 0.0375 e. The summed E-state index contributed by atoms with van der Waals surface area (Å²) in [5, 5.41) is 0. The number of rotatable bonds is 2. The first kappa shape index (κ1) is 8.27. The lowest BCUT2D eigenvalue weighted by atomic mass is 10.2. The van der Waals surface area contributed by atoms with Crippen LogP contribution in [-0.4, -0.2) is 6.26 Å². The van der Waals surface area contributed by atoms with Crippen molar-refractivity contribution in [2.75, 3.05) is 17.7 Å². The molecule has 3 heteroatoms. The van der Waals surface area contributed by atoms with Crippen LogP contribution in [0.5, 0.6) is 0 Å². The molecular formula is C8H12N2S. The van der Waals surface area contributed by atoms with Crippen LogP contribution < -0.4 is 11.5 Å². The highest BCUT2D eigenvalue weighted by Crippen LogP contribution is 2.22. The van der Waals surface area contributed by atoms with Gasteiger partial charge < -0.3 is 11.5 Å². The molecule has 0 amide bonds. The minimum atomic E-state index is 0.791. The van der Waals surface area contributed by atoms with E-state index in [9.17, 15) is 0 Å². The van der Waals surface area contributed by atoms with Gasteiger partial charge in [0.05, 0.1) is 0 Å². The van der Waals surface area contributed by atoms with Crippen molar-refractivity contribution in [1.29, 1.82) is 0 Å². The van der Waals surface area contributed by atoms with Crippen molar-refractivity contribution in [2.45, 2.75) is 5.75 Å². The third kappa shape index (κ3) is 1.80. The third-order valence-corrected chi connectivity index (χ3v) is 2.11. The number of benzene rings is 1. The van der Waals surface area contributed by atoms with E-state index in [1.54, 1.807) is 11.8 Å². The molecule has 0 unspecified atom stereocenters. The van der Waals surface area contributed by atoms with E-state index in [0.29, 0.717) is 0 Å². The van der Waals surface area contributed by atoms with Gasteiger partial charge in [0.2, 0.25) is 0 Å². The second kappa shape index (κ2) is 3.53. The number of anilines is 2. The predicted octanol–water partition coefficient (Wildman–Crippen LogP) is 1.71. The quantitative estimate of drug-likeness (QED) is 0.661. The maximum atomic E-state index is 5.71. The van der Waals surface area contributed by atoms with E-state index >= 15 is 0 Å². The summed E-state index contributed by atoms with van der Waals surface area (Å²) >= 11 is 1.72. The van der Waals surface area contributed by atoms with Crippen molar-refractivity contribution in [2.24, 2.45) is 0 Å². The van der Waals surface area contributed by atoms with Gasteiger partial charge in [-0.1, -0.05) is 6.07 Å². The molecule has 0 radical (unpaired) electrons. The molecule has 1 aromatic carbocycles. The van der Waals surface area contributed by atoms with Crippen LogP contribution in [0.1, 0.15) is 5.56 Å². The first-order valence-corrected chi connectivity index (χ1v) is 4.77. The van der Waals surface area contributed by atoms with Crippen molar-refractivity contribution < 1.29 is 0 Å². The number of nitrogens with two attached hydrogens (primary N) is 2. The van der Waals surface area contributed by atoms with Gasteiger partial charge in [-0.3, -0.25) is 0 Å². The molecule has 0 aliphatic heterocycles. The SMILES string of the molecule is CSCc1c(N)cccc1N. The Kier molecular flexibility index (Phi) is 2.65. The van der Waals surface area contributed by atoms with Gasteiger partial charge in [0.15, 0.2) is 0 Å². The van der Waals surface area contributed by atoms with Crippen LogP contribution >= 0.6 is 11.8 Å². The Morgan fingerprint density at radius 2 is 1.82 bits per heavy atom. The zero-order valence-corrected chi connectivity index (χ0v) is 7.32. The zero-order valence-electron chi connectivity index (χ0n) is 6.50. The topological polar surface area (TPSA) is 52.0 Å². The molecule has 0 atom stereocenters. The van der Waals surface area contributed by atoms with Gasteiger partial charge in [-0.2, -0.15) is 11.8 Å². The molecule has 1 rings (SSSR count). The van der Waals surface area contributed by atoms with E-state index in [1.165, 1.54) is 0 Å². The fourth-order valence-corrected chi connectivity index (χ4v) is 1.56. The number of thioether (sulfide) groups is 1. The monoisotopic (exact) mass is 168 g/mol. The Labute approximate surface area is 71.0 Å². The highest BCUT2D eigenvalue weighted by molar-refractivity contribution is 7.97. The van der Waals surface area contributed by atoms with Crippen LogP contribution in [0.2, 0.25) is 0 Å². The highest BCUT2D eigenvalue weighted by atomic mass is 32.2. The molecule has 4 N–H and O–H groups in total. The Balaban J connectivity index is 3.00. The largest absolute Gasteiger partial charge is 0.398 e. The summed E-state index contributed by atoms with van der Waals surface area (Å²) in [5.74, 6) is 0.887. The third-order valence-electron chi connectivity index (χ3n) is 1.54. The van der Waals surface area contributed by atoms with Gasteiger partial charge in [0.25, 0.3) is 0 Å². The van der Waals surface area contributed by atoms with Gasteiger partial charge in [-0.25, -0.2) is 0 Å². The fourth-order valence-electron chi connectivity index (χ4n) is 0.934. The summed E-state index contributed by atoms with van der Waals surface area (Å²) in [4.78, 5) is 0. The summed E-state index contributed by atoms with van der Waals surface area (Å²) < 4.78 is 0. The summed E-state index contributed by atoms with van der Waals surface area (Å²) in [6, 6.07) is 5.62. The molecular weight excluding hydrogens is 156 g/mol. The first-order chi connectivity index (χ1) is 5.25. The predicted molar refractivity (Wildman–Crippen MR) is 52.5 cm³/mol. The molecule has 0 saturated carbocycles. The van der Waals surface area contributed by atoms with Crippen LogP contribution in [0.25, 0.3) is 0 Å². The van der Waals surface area contributed by atoms with Crippen LogP contribution in [0.3, 0.4) is 0 Å². The number of hydrogen-bond donors (Lipinski definition) is 2. The molecule has 0 saturated heterocycles. The van der Waals surface area contributed by atoms with E-state index < -0.39 is 0 Å². The molecule has 0 aliphatic rings. The average molecular weight is 168 g/mol. The zero-order chi connectivity index (χ0) is 8.27. The summed E-state index contributed by atoms with van der Waals surface area (Å²) in [5.41, 5.74) is 14.1. The minimum Gasteiger partial charge on any atom is -0.398 e. The summed E-state index contributed by atoms with van der Waals surface area (Å²) in [6.07, 6.45) is 2.03. The van der Waals surface area contributed by atoms with Crippen LogP contribution in [-0.2, 0) is 5.75 Å². The Hall–Kier alpha value is -0.830. The first-order valence-electron chi connectivity index (χ1n) is 3.37. The van der Waals surface area contributed by atoms with E-state index in [0.717, 1.165) is 22.7 Å². The normalized spacial score (nSPS) is 9.91. The van der Waals surface area contributed by atoms with E-state index in [4.69, 9.17) is 11.5 Å². The van der Waals surface area contributed by atoms with Crippen LogP contribution in [0, 0.1) is 0 Å². The maximum absolute atomic E-state index is 5.71. The van der Waals surface area contributed by atoms with Gasteiger partial charge in [-0.05, 0) is 18.4 Å². The van der Waals surface area contributed by atoms with Crippen molar-refractivity contribution in [3.63, 3.8) is 0 Å². The molecule has 0 fully saturated rings. The van der Waals surface area contributed by atoms with Crippen molar-refractivity contribution in [3.8, 4) is 0 Å². The second-order valence-corrected chi connectivity index (χ2v) is 3.21. The average Bonchev–Trinajstić information content (AvgIpc) is 1.97. The fraction of sp³-hybridized carbons (Fsp3) is 0.250. The minimum absolute atomic E-state index is 0.791. The van der Waals surface area contributed by atoms with Crippen molar-refractivity contribution in [3.05, 3.63) is 23.8 Å². The molecule has 60 valence electrons. The Morgan fingerprint density at radius 1 is 1.27 bits per heavy atom. The Bertz CT molecular complexity index is 228. The van der Waals surface area contributed by atoms with Gasteiger partial charge >= 0.3 is 0 Å². The lowest BCUT2D eigenvalue weighted by molar-refractivity contribution is 1.42. The van der Waals surface area contributed by atoms with E-state index in [1.807, 2.05) is 24.5 Å². The Morgan fingerprint density at radius 3 is 2.27 bits per heavy atom. The molecule has 0 heterocycles. The molecule has 11 heavy (non-hydrogen) atoms. The number of hydrogen-bond acceptors (Lipinski definition) is 3. The van der Waals surface area contributed by atoms with Crippen molar-refractivity contribution >= 4 is 23.1 Å². The summed E-state index contributed by atoms with van der Waals surface area (Å²) in [7, 11) is 0. The van der Waals surface area contributed by atoms with Crippen LogP contribution in [0.4, 0.5) is 11.4 Å². The summed E-state index contributed by atoms with van der Waals surface area (Å²) in [6.45, 7) is 0. The van der Waals surface area contributed by atoms with Gasteiger partial charge in [0, 0.05) is 22.7 Å². The lowest BCUT2D eigenvalue weighted by Gasteiger charge is -2.06. The van der Waals surface area contributed by atoms with Crippen LogP contribution in [0.15, 0.2) is 18.2 Å². The maximum Gasteiger partial charge on any atom is 0.0375 e. The lowest BCUT2D eigenvalue weighted by Crippen LogP contribution is -1.97. The molecule has 0 aromatic heterocycles. The molecule has 1 aromatic rings. The molecule has 2 nitrogen and oxygen atoms in total. The highest BCUT2D eigenvalue weighted by Gasteiger charge is 2.00. The number of nitrogen functional groups attached to an aromatic ring is 2. The second-order valence-electron chi connectivity index (χ2n) is 2.35. The standard InChI is InChI=1S/C8H12N2S/c1-11-5-6-7(9)3-2-4-8(6)10/h2-4H,5,9-10H2,1H3. The molecule has 0 bridgehead atoms.